The number of piperidine rings is 1. The Hall–Kier alpha value is -1.60. The Kier molecular flexibility index (Phi) is 3.54. The molecule has 22 heavy (non-hydrogen) atoms. The summed E-state index contributed by atoms with van der Waals surface area (Å²) in [4.78, 5) is 2.66. The second-order valence-electron chi connectivity index (χ2n) is 7.15. The molecule has 2 heterocycles. The quantitative estimate of drug-likeness (QED) is 0.773. The van der Waals surface area contributed by atoms with Gasteiger partial charge in [0.25, 0.3) is 0 Å². The van der Waals surface area contributed by atoms with Crippen LogP contribution in [0.1, 0.15) is 47.8 Å². The van der Waals surface area contributed by atoms with Gasteiger partial charge < -0.3 is 0 Å². The molecule has 1 heteroatoms. The van der Waals surface area contributed by atoms with E-state index in [-0.39, 0.29) is 0 Å². The molecule has 2 unspecified atom stereocenters. The standard InChI is InChI=1S/C21H25N/c1-15-8-10-17(11-9-15)21-19(16-6-4-3-5-7-16)14-18-12-13-20(21)22(18)2/h3-11,18-21H,12-14H2,1-2H3/t18-,19+,20?,21?/m1/s1. The molecule has 0 radical (unpaired) electrons. The summed E-state index contributed by atoms with van der Waals surface area (Å²) in [5.41, 5.74) is 4.41. The molecule has 1 nitrogen and oxygen atoms in total. The van der Waals surface area contributed by atoms with Crippen molar-refractivity contribution in [3.63, 3.8) is 0 Å². The third-order valence-electron chi connectivity index (χ3n) is 5.96. The zero-order chi connectivity index (χ0) is 15.1. The monoisotopic (exact) mass is 291 g/mol. The molecular formula is C21H25N. The summed E-state index contributed by atoms with van der Waals surface area (Å²) in [6, 6.07) is 21.9. The molecule has 4 rings (SSSR count). The SMILES string of the molecule is Cc1ccc(C2C3CC[C@H](C[C@H]2c2ccccc2)N3C)cc1. The van der Waals surface area contributed by atoms with Gasteiger partial charge in [-0.2, -0.15) is 0 Å². The molecule has 2 fully saturated rings. The number of fused-ring (bicyclic) bond motifs is 2. The normalized spacial score (nSPS) is 31.4. The first-order valence-electron chi connectivity index (χ1n) is 8.57. The largest absolute Gasteiger partial charge is 0.300 e. The summed E-state index contributed by atoms with van der Waals surface area (Å²) in [7, 11) is 2.34. The van der Waals surface area contributed by atoms with E-state index in [9.17, 15) is 0 Å². The third kappa shape index (κ3) is 2.28. The van der Waals surface area contributed by atoms with E-state index in [1.165, 1.54) is 36.0 Å². The molecule has 2 bridgehead atoms. The summed E-state index contributed by atoms with van der Waals surface area (Å²) in [5.74, 6) is 1.30. The van der Waals surface area contributed by atoms with E-state index >= 15 is 0 Å². The molecule has 2 aromatic carbocycles. The van der Waals surface area contributed by atoms with Crippen molar-refractivity contribution in [2.75, 3.05) is 7.05 Å². The van der Waals surface area contributed by atoms with Crippen LogP contribution in [0, 0.1) is 6.92 Å². The van der Waals surface area contributed by atoms with Gasteiger partial charge in [0.2, 0.25) is 0 Å². The molecule has 0 spiro atoms. The lowest BCUT2D eigenvalue weighted by molar-refractivity contribution is 0.137. The minimum Gasteiger partial charge on any atom is -0.300 e. The van der Waals surface area contributed by atoms with Crippen LogP contribution in [0.4, 0.5) is 0 Å². The lowest BCUT2D eigenvalue weighted by atomic mass is 9.73. The maximum Gasteiger partial charge on any atom is 0.0170 e. The van der Waals surface area contributed by atoms with E-state index in [1.54, 1.807) is 0 Å². The van der Waals surface area contributed by atoms with E-state index in [1.807, 2.05) is 0 Å². The van der Waals surface area contributed by atoms with Crippen molar-refractivity contribution >= 4 is 0 Å². The minimum atomic E-state index is 0.631. The molecule has 2 aliphatic rings. The maximum atomic E-state index is 2.66. The van der Waals surface area contributed by atoms with Crippen molar-refractivity contribution in [1.29, 1.82) is 0 Å². The van der Waals surface area contributed by atoms with Gasteiger partial charge in [0.15, 0.2) is 0 Å². The molecule has 2 aliphatic heterocycles. The molecule has 0 aliphatic carbocycles. The zero-order valence-corrected chi connectivity index (χ0v) is 13.6. The molecule has 0 saturated carbocycles. The van der Waals surface area contributed by atoms with Gasteiger partial charge in [-0.1, -0.05) is 60.2 Å². The van der Waals surface area contributed by atoms with Crippen molar-refractivity contribution in [3.05, 3.63) is 71.3 Å². The number of hydrogen-bond acceptors (Lipinski definition) is 1. The number of hydrogen-bond donors (Lipinski definition) is 0. The summed E-state index contributed by atoms with van der Waals surface area (Å²) in [6.07, 6.45) is 4.02. The topological polar surface area (TPSA) is 3.24 Å². The third-order valence-corrected chi connectivity index (χ3v) is 5.96. The molecule has 4 atom stereocenters. The van der Waals surface area contributed by atoms with Gasteiger partial charge in [-0.15, -0.1) is 0 Å². The first-order valence-corrected chi connectivity index (χ1v) is 8.57. The summed E-state index contributed by atoms with van der Waals surface area (Å²) in [5, 5.41) is 0. The van der Waals surface area contributed by atoms with Crippen LogP contribution in [0.15, 0.2) is 54.6 Å². The average Bonchev–Trinajstić information content (AvgIpc) is 2.79. The zero-order valence-electron chi connectivity index (χ0n) is 13.6. The summed E-state index contributed by atoms with van der Waals surface area (Å²) >= 11 is 0. The Balaban J connectivity index is 1.77. The number of rotatable bonds is 2. The van der Waals surface area contributed by atoms with Gasteiger partial charge in [-0.25, -0.2) is 0 Å². The minimum absolute atomic E-state index is 0.631. The molecule has 2 aromatic rings. The van der Waals surface area contributed by atoms with Crippen LogP contribution in [0.2, 0.25) is 0 Å². The highest BCUT2D eigenvalue weighted by Gasteiger charge is 2.46. The van der Waals surface area contributed by atoms with E-state index in [0.717, 1.165) is 6.04 Å². The second kappa shape index (κ2) is 5.55. The van der Waals surface area contributed by atoms with Gasteiger partial charge in [0.05, 0.1) is 0 Å². The average molecular weight is 291 g/mol. The Bertz CT molecular complexity index is 631. The Morgan fingerprint density at radius 3 is 2.32 bits per heavy atom. The van der Waals surface area contributed by atoms with Crippen molar-refractivity contribution in [2.45, 2.75) is 50.1 Å². The number of benzene rings is 2. The lowest BCUT2D eigenvalue weighted by Gasteiger charge is -2.43. The van der Waals surface area contributed by atoms with Crippen LogP contribution in [-0.2, 0) is 0 Å². The summed E-state index contributed by atoms with van der Waals surface area (Å²) < 4.78 is 0. The predicted octanol–water partition coefficient (Wildman–Crippen LogP) is 4.73. The molecule has 0 aromatic heterocycles. The van der Waals surface area contributed by atoms with Crippen molar-refractivity contribution in [3.8, 4) is 0 Å². The number of aryl methyl sites for hydroxylation is 1. The van der Waals surface area contributed by atoms with Gasteiger partial charge in [-0.3, -0.25) is 4.90 Å². The van der Waals surface area contributed by atoms with Crippen molar-refractivity contribution in [2.24, 2.45) is 0 Å². The van der Waals surface area contributed by atoms with Gasteiger partial charge in [-0.05, 0) is 50.3 Å². The Morgan fingerprint density at radius 1 is 0.864 bits per heavy atom. The maximum absolute atomic E-state index is 2.66. The van der Waals surface area contributed by atoms with Crippen LogP contribution in [0.5, 0.6) is 0 Å². The van der Waals surface area contributed by atoms with E-state index in [0.29, 0.717) is 17.9 Å². The van der Waals surface area contributed by atoms with Crippen LogP contribution in [-0.4, -0.2) is 24.0 Å². The highest BCUT2D eigenvalue weighted by atomic mass is 15.2. The molecule has 114 valence electrons. The van der Waals surface area contributed by atoms with E-state index < -0.39 is 0 Å². The predicted molar refractivity (Wildman–Crippen MR) is 92.3 cm³/mol. The number of likely N-dealkylation sites (N-methyl/N-ethyl adjacent to an activating group) is 1. The molecular weight excluding hydrogens is 266 g/mol. The second-order valence-corrected chi connectivity index (χ2v) is 7.15. The van der Waals surface area contributed by atoms with Crippen LogP contribution in [0.3, 0.4) is 0 Å². The Labute approximate surface area is 134 Å². The fourth-order valence-electron chi connectivity index (χ4n) is 4.75. The smallest absolute Gasteiger partial charge is 0.0170 e. The highest BCUT2D eigenvalue weighted by molar-refractivity contribution is 5.34. The van der Waals surface area contributed by atoms with Gasteiger partial charge in [0.1, 0.15) is 0 Å². The number of nitrogens with zero attached hydrogens (tertiary/aromatic N) is 1. The van der Waals surface area contributed by atoms with Crippen molar-refractivity contribution in [1.82, 2.24) is 4.90 Å². The fourth-order valence-corrected chi connectivity index (χ4v) is 4.75. The van der Waals surface area contributed by atoms with Gasteiger partial charge >= 0.3 is 0 Å². The summed E-state index contributed by atoms with van der Waals surface area (Å²) in [6.45, 7) is 2.18. The van der Waals surface area contributed by atoms with Crippen LogP contribution < -0.4 is 0 Å². The lowest BCUT2D eigenvalue weighted by Crippen LogP contribution is -2.44. The molecule has 2 saturated heterocycles. The van der Waals surface area contributed by atoms with E-state index in [4.69, 9.17) is 0 Å². The first kappa shape index (κ1) is 14.0. The van der Waals surface area contributed by atoms with Crippen LogP contribution in [0.25, 0.3) is 0 Å². The van der Waals surface area contributed by atoms with Crippen LogP contribution >= 0.6 is 0 Å². The molecule has 0 N–H and O–H groups in total. The first-order chi connectivity index (χ1) is 10.7. The molecule has 0 amide bonds. The fraction of sp³-hybridized carbons (Fsp3) is 0.429. The van der Waals surface area contributed by atoms with Gasteiger partial charge in [0, 0.05) is 18.0 Å². The Morgan fingerprint density at radius 2 is 1.59 bits per heavy atom. The van der Waals surface area contributed by atoms with Crippen molar-refractivity contribution < 1.29 is 0 Å². The highest BCUT2D eigenvalue weighted by Crippen LogP contribution is 2.50. The van der Waals surface area contributed by atoms with E-state index in [2.05, 4.69) is 73.5 Å².